The second-order valence-electron chi connectivity index (χ2n) is 4.95. The maximum Gasteiger partial charge on any atom is 0.326 e. The fourth-order valence-corrected chi connectivity index (χ4v) is 2.25. The molecule has 8 nitrogen and oxygen atoms in total. The SMILES string of the molecule is C=CCC(NC(=O)c1cn(C2CCNCC2)nn1)C(=O)O. The van der Waals surface area contributed by atoms with Crippen molar-refractivity contribution in [3.05, 3.63) is 24.5 Å². The van der Waals surface area contributed by atoms with Gasteiger partial charge in [0, 0.05) is 0 Å². The molecule has 1 unspecified atom stereocenters. The number of hydrogen-bond acceptors (Lipinski definition) is 5. The molecule has 0 saturated carbocycles. The van der Waals surface area contributed by atoms with Crippen molar-refractivity contribution in [1.29, 1.82) is 0 Å². The molecule has 0 radical (unpaired) electrons. The summed E-state index contributed by atoms with van der Waals surface area (Å²) < 4.78 is 1.68. The highest BCUT2D eigenvalue weighted by Gasteiger charge is 2.22. The summed E-state index contributed by atoms with van der Waals surface area (Å²) in [6.45, 7) is 5.29. The van der Waals surface area contributed by atoms with Crippen LogP contribution in [0.25, 0.3) is 0 Å². The van der Waals surface area contributed by atoms with Gasteiger partial charge in [-0.3, -0.25) is 4.79 Å². The molecule has 1 aliphatic heterocycles. The van der Waals surface area contributed by atoms with Gasteiger partial charge in [-0.05, 0) is 32.4 Å². The van der Waals surface area contributed by atoms with Crippen LogP contribution < -0.4 is 10.6 Å². The van der Waals surface area contributed by atoms with E-state index in [-0.39, 0.29) is 18.2 Å². The van der Waals surface area contributed by atoms with Gasteiger partial charge in [-0.25, -0.2) is 9.48 Å². The van der Waals surface area contributed by atoms with E-state index in [4.69, 9.17) is 5.11 Å². The third kappa shape index (κ3) is 3.88. The zero-order valence-electron chi connectivity index (χ0n) is 11.7. The lowest BCUT2D eigenvalue weighted by atomic mass is 10.1. The first-order valence-electron chi connectivity index (χ1n) is 6.89. The van der Waals surface area contributed by atoms with Gasteiger partial charge in [-0.2, -0.15) is 0 Å². The van der Waals surface area contributed by atoms with E-state index in [1.165, 1.54) is 6.08 Å². The van der Waals surface area contributed by atoms with Gasteiger partial charge in [0.25, 0.3) is 5.91 Å². The highest BCUT2D eigenvalue weighted by molar-refractivity contribution is 5.94. The second-order valence-corrected chi connectivity index (χ2v) is 4.95. The highest BCUT2D eigenvalue weighted by Crippen LogP contribution is 2.17. The van der Waals surface area contributed by atoms with Crippen LogP contribution in [0.4, 0.5) is 0 Å². The lowest BCUT2D eigenvalue weighted by Crippen LogP contribution is -2.40. The predicted molar refractivity (Wildman–Crippen MR) is 74.9 cm³/mol. The van der Waals surface area contributed by atoms with Crippen LogP contribution in [0.5, 0.6) is 0 Å². The number of carbonyl (C=O) groups is 2. The lowest BCUT2D eigenvalue weighted by Gasteiger charge is -2.22. The minimum atomic E-state index is -1.10. The maximum atomic E-state index is 12.0. The molecule has 1 amide bonds. The van der Waals surface area contributed by atoms with Gasteiger partial charge in [0.1, 0.15) is 6.04 Å². The molecule has 1 aliphatic rings. The van der Waals surface area contributed by atoms with Gasteiger partial charge < -0.3 is 15.7 Å². The quantitative estimate of drug-likeness (QED) is 0.635. The van der Waals surface area contributed by atoms with Crippen molar-refractivity contribution in [2.24, 2.45) is 0 Å². The van der Waals surface area contributed by atoms with Crippen molar-refractivity contribution < 1.29 is 14.7 Å². The summed E-state index contributed by atoms with van der Waals surface area (Å²) in [5.74, 6) is -1.64. The monoisotopic (exact) mass is 293 g/mol. The Morgan fingerprint density at radius 2 is 2.29 bits per heavy atom. The minimum Gasteiger partial charge on any atom is -0.480 e. The summed E-state index contributed by atoms with van der Waals surface area (Å²) in [7, 11) is 0. The van der Waals surface area contributed by atoms with Crippen LogP contribution in [-0.4, -0.2) is 51.1 Å². The van der Waals surface area contributed by atoms with Gasteiger partial charge in [-0.15, -0.1) is 11.7 Å². The number of carbonyl (C=O) groups excluding carboxylic acids is 1. The van der Waals surface area contributed by atoms with Crippen LogP contribution in [-0.2, 0) is 4.79 Å². The summed E-state index contributed by atoms with van der Waals surface area (Å²) in [5.41, 5.74) is 0.129. The molecule has 2 heterocycles. The number of aromatic nitrogens is 3. The minimum absolute atomic E-state index is 0.129. The largest absolute Gasteiger partial charge is 0.480 e. The Morgan fingerprint density at radius 3 is 2.90 bits per heavy atom. The Morgan fingerprint density at radius 1 is 1.57 bits per heavy atom. The number of carboxylic acid groups (broad SMARTS) is 1. The van der Waals surface area contributed by atoms with E-state index in [1.807, 2.05) is 0 Å². The van der Waals surface area contributed by atoms with Crippen LogP contribution in [0, 0.1) is 0 Å². The van der Waals surface area contributed by atoms with Crippen molar-refractivity contribution in [2.75, 3.05) is 13.1 Å². The fourth-order valence-electron chi connectivity index (χ4n) is 2.25. The summed E-state index contributed by atoms with van der Waals surface area (Å²) >= 11 is 0. The molecular weight excluding hydrogens is 274 g/mol. The third-order valence-corrected chi connectivity index (χ3v) is 3.43. The van der Waals surface area contributed by atoms with Crippen LogP contribution in [0.3, 0.4) is 0 Å². The normalized spacial score (nSPS) is 17.1. The number of amides is 1. The molecule has 1 atom stereocenters. The molecular formula is C13H19N5O3. The summed E-state index contributed by atoms with van der Waals surface area (Å²) in [5, 5.41) is 22.5. The topological polar surface area (TPSA) is 109 Å². The zero-order chi connectivity index (χ0) is 15.2. The molecule has 1 fully saturated rings. The van der Waals surface area contributed by atoms with E-state index in [0.29, 0.717) is 0 Å². The Labute approximate surface area is 122 Å². The van der Waals surface area contributed by atoms with Crippen molar-refractivity contribution in [2.45, 2.75) is 31.3 Å². The standard InChI is InChI=1S/C13H19N5O3/c1-2-3-10(13(20)21)15-12(19)11-8-18(17-16-11)9-4-6-14-7-5-9/h2,8-10,14H,1,3-7H2,(H,15,19)(H,20,21). The van der Waals surface area contributed by atoms with Gasteiger partial charge in [0.05, 0.1) is 12.2 Å². The fraction of sp³-hybridized carbons (Fsp3) is 0.538. The van der Waals surface area contributed by atoms with E-state index < -0.39 is 17.9 Å². The molecule has 2 rings (SSSR count). The van der Waals surface area contributed by atoms with E-state index >= 15 is 0 Å². The highest BCUT2D eigenvalue weighted by atomic mass is 16.4. The molecule has 1 aromatic heterocycles. The number of carboxylic acids is 1. The smallest absolute Gasteiger partial charge is 0.326 e. The maximum absolute atomic E-state index is 12.0. The number of aliphatic carboxylic acids is 1. The second kappa shape index (κ2) is 6.98. The molecule has 1 saturated heterocycles. The molecule has 21 heavy (non-hydrogen) atoms. The Balaban J connectivity index is 2.00. The van der Waals surface area contributed by atoms with Gasteiger partial charge in [0.15, 0.2) is 5.69 Å². The summed E-state index contributed by atoms with van der Waals surface area (Å²) in [6.07, 6.45) is 5.03. The van der Waals surface area contributed by atoms with Gasteiger partial charge in [-0.1, -0.05) is 11.3 Å². The first kappa shape index (κ1) is 15.2. The van der Waals surface area contributed by atoms with Crippen LogP contribution in [0.15, 0.2) is 18.9 Å². The molecule has 1 aromatic rings. The van der Waals surface area contributed by atoms with E-state index in [1.54, 1.807) is 10.9 Å². The molecule has 0 bridgehead atoms. The van der Waals surface area contributed by atoms with Crippen LogP contribution in [0.1, 0.15) is 35.8 Å². The van der Waals surface area contributed by atoms with Gasteiger partial charge >= 0.3 is 5.97 Å². The van der Waals surface area contributed by atoms with Crippen molar-refractivity contribution in [3.63, 3.8) is 0 Å². The summed E-state index contributed by atoms with van der Waals surface area (Å²) in [6, 6.07) is -0.775. The first-order chi connectivity index (χ1) is 10.1. The molecule has 0 spiro atoms. The van der Waals surface area contributed by atoms with E-state index in [2.05, 4.69) is 27.5 Å². The van der Waals surface area contributed by atoms with Crippen molar-refractivity contribution in [1.82, 2.24) is 25.6 Å². The van der Waals surface area contributed by atoms with Crippen LogP contribution in [0.2, 0.25) is 0 Å². The molecule has 114 valence electrons. The Kier molecular flexibility index (Phi) is 5.04. The number of nitrogens with one attached hydrogen (secondary N) is 2. The molecule has 0 aliphatic carbocycles. The Hall–Kier alpha value is -2.22. The predicted octanol–water partition coefficient (Wildman–Crippen LogP) is -0.0383. The summed E-state index contributed by atoms with van der Waals surface area (Å²) in [4.78, 5) is 23.0. The molecule has 8 heteroatoms. The first-order valence-corrected chi connectivity index (χ1v) is 6.89. The lowest BCUT2D eigenvalue weighted by molar-refractivity contribution is -0.139. The Bertz CT molecular complexity index is 522. The third-order valence-electron chi connectivity index (χ3n) is 3.43. The van der Waals surface area contributed by atoms with E-state index in [9.17, 15) is 9.59 Å². The number of nitrogens with zero attached hydrogens (tertiary/aromatic N) is 3. The molecule has 3 N–H and O–H groups in total. The molecule has 0 aromatic carbocycles. The number of rotatable bonds is 6. The van der Waals surface area contributed by atoms with E-state index in [0.717, 1.165) is 25.9 Å². The zero-order valence-corrected chi connectivity index (χ0v) is 11.7. The van der Waals surface area contributed by atoms with Gasteiger partial charge in [0.2, 0.25) is 0 Å². The average molecular weight is 293 g/mol. The van der Waals surface area contributed by atoms with Crippen LogP contribution >= 0.6 is 0 Å². The number of hydrogen-bond donors (Lipinski definition) is 3. The van der Waals surface area contributed by atoms with Crippen molar-refractivity contribution in [3.8, 4) is 0 Å². The number of piperidine rings is 1. The average Bonchev–Trinajstić information content (AvgIpc) is 2.97. The van der Waals surface area contributed by atoms with Crippen molar-refractivity contribution >= 4 is 11.9 Å².